The number of nitriles is 1. The molecule has 1 aromatic carbocycles. The van der Waals surface area contributed by atoms with Crippen molar-refractivity contribution in [2.45, 2.75) is 32.6 Å². The van der Waals surface area contributed by atoms with Crippen molar-refractivity contribution in [3.63, 3.8) is 0 Å². The van der Waals surface area contributed by atoms with Gasteiger partial charge in [0, 0.05) is 4.88 Å². The molecule has 0 radical (unpaired) electrons. The van der Waals surface area contributed by atoms with Gasteiger partial charge in [-0.05, 0) is 100 Å². The number of nitrogens with zero attached hydrogens (tertiary/aromatic N) is 1. The number of aryl methyl sites for hydroxylation is 1. The van der Waals surface area contributed by atoms with Crippen LogP contribution in [0.5, 0.6) is 5.75 Å². The van der Waals surface area contributed by atoms with Crippen LogP contribution in [-0.4, -0.2) is 23.6 Å². The van der Waals surface area contributed by atoms with E-state index in [-0.39, 0.29) is 17.9 Å². The molecule has 1 aliphatic carbocycles. The highest BCUT2D eigenvalue weighted by atomic mass is 127. The maximum Gasteiger partial charge on any atom is 0.341 e. The summed E-state index contributed by atoms with van der Waals surface area (Å²) in [7, 11) is 0. The van der Waals surface area contributed by atoms with Crippen LogP contribution in [0.2, 0.25) is 0 Å². The van der Waals surface area contributed by atoms with Gasteiger partial charge in [0.25, 0.3) is 5.91 Å². The molecule has 156 valence electrons. The minimum Gasteiger partial charge on any atom is -0.506 e. The quantitative estimate of drug-likeness (QED) is 0.207. The first kappa shape index (κ1) is 22.8. The van der Waals surface area contributed by atoms with E-state index in [4.69, 9.17) is 4.74 Å². The van der Waals surface area contributed by atoms with Crippen LogP contribution in [0.25, 0.3) is 6.08 Å². The number of ether oxygens (including phenoxy) is 1. The molecule has 0 aliphatic heterocycles. The monoisotopic (exact) mass is 600 g/mol. The number of hydrogen-bond acceptors (Lipinski definition) is 6. The van der Waals surface area contributed by atoms with E-state index in [1.54, 1.807) is 19.1 Å². The van der Waals surface area contributed by atoms with Crippen molar-refractivity contribution in [1.29, 1.82) is 5.26 Å². The Morgan fingerprint density at radius 1 is 1.40 bits per heavy atom. The van der Waals surface area contributed by atoms with Gasteiger partial charge in [-0.1, -0.05) is 0 Å². The second-order valence-electron chi connectivity index (χ2n) is 6.59. The molecule has 0 spiro atoms. The minimum absolute atomic E-state index is 0.0963. The van der Waals surface area contributed by atoms with Gasteiger partial charge in [-0.25, -0.2) is 4.79 Å². The molecule has 9 heteroatoms. The Morgan fingerprint density at radius 3 is 2.80 bits per heavy atom. The number of thiophene rings is 1. The van der Waals surface area contributed by atoms with Gasteiger partial charge in [-0.3, -0.25) is 4.79 Å². The summed E-state index contributed by atoms with van der Waals surface area (Å²) >= 11 is 6.60. The average Bonchev–Trinajstić information content (AvgIpc) is 3.08. The number of hydrogen-bond donors (Lipinski definition) is 2. The zero-order chi connectivity index (χ0) is 21.8. The highest BCUT2D eigenvalue weighted by Crippen LogP contribution is 2.39. The number of anilines is 1. The average molecular weight is 601 g/mol. The van der Waals surface area contributed by atoms with Crippen LogP contribution in [0.1, 0.15) is 46.1 Å². The SMILES string of the molecule is CCOC(=O)c1c(NC(=O)/C(C#N)=C/c2cc(Br)c(O)c(I)c2)sc2c1CCCC2. The van der Waals surface area contributed by atoms with Crippen LogP contribution in [0.15, 0.2) is 22.2 Å². The van der Waals surface area contributed by atoms with Gasteiger partial charge in [0.05, 0.1) is 20.2 Å². The summed E-state index contributed by atoms with van der Waals surface area (Å²) in [4.78, 5) is 26.4. The lowest BCUT2D eigenvalue weighted by Crippen LogP contribution is -2.16. The fraction of sp³-hybridized carbons (Fsp3) is 0.286. The molecule has 3 rings (SSSR count). The number of halogens is 2. The van der Waals surface area contributed by atoms with Crippen molar-refractivity contribution in [3.05, 3.63) is 47.3 Å². The molecule has 0 atom stereocenters. The van der Waals surface area contributed by atoms with Gasteiger partial charge in [-0.15, -0.1) is 11.3 Å². The Bertz CT molecular complexity index is 1060. The van der Waals surface area contributed by atoms with Crippen molar-refractivity contribution in [3.8, 4) is 11.8 Å². The first-order valence-electron chi connectivity index (χ1n) is 9.28. The molecule has 0 bridgehead atoms. The molecule has 0 saturated heterocycles. The third-order valence-corrected chi connectivity index (χ3v) is 7.23. The molecule has 1 aromatic heterocycles. The number of benzene rings is 1. The van der Waals surface area contributed by atoms with Crippen molar-refractivity contribution < 1.29 is 19.4 Å². The van der Waals surface area contributed by atoms with E-state index in [1.807, 2.05) is 28.7 Å². The molecule has 30 heavy (non-hydrogen) atoms. The lowest BCUT2D eigenvalue weighted by Gasteiger charge is -2.12. The van der Waals surface area contributed by atoms with E-state index in [2.05, 4.69) is 21.2 Å². The van der Waals surface area contributed by atoms with Gasteiger partial charge in [-0.2, -0.15) is 5.26 Å². The number of aromatic hydroxyl groups is 1. The number of phenols is 1. The van der Waals surface area contributed by atoms with Crippen LogP contribution >= 0.6 is 49.9 Å². The minimum atomic E-state index is -0.596. The Hall–Kier alpha value is -1.90. The zero-order valence-corrected chi connectivity index (χ0v) is 20.6. The van der Waals surface area contributed by atoms with E-state index < -0.39 is 11.9 Å². The molecular formula is C21H18BrIN2O4S. The molecule has 2 N–H and O–H groups in total. The summed E-state index contributed by atoms with van der Waals surface area (Å²) in [5.74, 6) is -0.952. The normalized spacial score (nSPS) is 13.3. The van der Waals surface area contributed by atoms with Crippen LogP contribution < -0.4 is 5.32 Å². The van der Waals surface area contributed by atoms with Crippen molar-refractivity contribution in [1.82, 2.24) is 0 Å². The number of phenolic OH excluding ortho intramolecular Hbond substituents is 1. The van der Waals surface area contributed by atoms with E-state index in [9.17, 15) is 20.0 Å². The lowest BCUT2D eigenvalue weighted by molar-refractivity contribution is -0.112. The van der Waals surface area contributed by atoms with Crippen LogP contribution in [-0.2, 0) is 22.4 Å². The number of rotatable bonds is 5. The Morgan fingerprint density at radius 2 is 2.13 bits per heavy atom. The second-order valence-corrected chi connectivity index (χ2v) is 9.71. The van der Waals surface area contributed by atoms with Crippen LogP contribution in [0.4, 0.5) is 5.00 Å². The summed E-state index contributed by atoms with van der Waals surface area (Å²) in [6.45, 7) is 1.98. The summed E-state index contributed by atoms with van der Waals surface area (Å²) in [5.41, 5.74) is 1.83. The van der Waals surface area contributed by atoms with Crippen molar-refractivity contribution in [2.24, 2.45) is 0 Å². The molecule has 6 nitrogen and oxygen atoms in total. The van der Waals surface area contributed by atoms with Crippen molar-refractivity contribution >= 4 is 72.8 Å². The fourth-order valence-corrected chi connectivity index (χ4v) is 6.00. The molecule has 2 aromatic rings. The largest absolute Gasteiger partial charge is 0.506 e. The molecule has 1 aliphatic rings. The van der Waals surface area contributed by atoms with Gasteiger partial charge in [0.1, 0.15) is 22.4 Å². The number of carbonyl (C=O) groups is 2. The molecule has 0 saturated carbocycles. The lowest BCUT2D eigenvalue weighted by atomic mass is 9.95. The number of esters is 1. The molecular weight excluding hydrogens is 583 g/mol. The Balaban J connectivity index is 1.93. The summed E-state index contributed by atoms with van der Waals surface area (Å²) < 4.78 is 6.25. The van der Waals surface area contributed by atoms with Gasteiger partial charge in [0.2, 0.25) is 0 Å². The smallest absolute Gasteiger partial charge is 0.341 e. The number of amides is 1. The van der Waals surface area contributed by atoms with Crippen molar-refractivity contribution in [2.75, 3.05) is 11.9 Å². The highest BCUT2D eigenvalue weighted by Gasteiger charge is 2.27. The first-order chi connectivity index (χ1) is 14.3. The third-order valence-electron chi connectivity index (χ3n) is 4.59. The predicted molar refractivity (Wildman–Crippen MR) is 128 cm³/mol. The van der Waals surface area contributed by atoms with E-state index in [0.717, 1.165) is 36.1 Å². The number of fused-ring (bicyclic) bond motifs is 1. The van der Waals surface area contributed by atoms with Gasteiger partial charge < -0.3 is 15.2 Å². The van der Waals surface area contributed by atoms with Gasteiger partial charge >= 0.3 is 5.97 Å². The fourth-order valence-electron chi connectivity index (χ4n) is 3.23. The predicted octanol–water partition coefficient (Wildman–Crippen LogP) is 5.42. The molecule has 1 amide bonds. The molecule has 0 fully saturated rings. The number of carbonyl (C=O) groups excluding carboxylic acids is 2. The highest BCUT2D eigenvalue weighted by molar-refractivity contribution is 14.1. The topological polar surface area (TPSA) is 99.4 Å². The van der Waals surface area contributed by atoms with Crippen LogP contribution in [0, 0.1) is 14.9 Å². The zero-order valence-electron chi connectivity index (χ0n) is 16.1. The van der Waals surface area contributed by atoms with Gasteiger partial charge in [0.15, 0.2) is 0 Å². The summed E-state index contributed by atoms with van der Waals surface area (Å²) in [6.07, 6.45) is 5.11. The van der Waals surface area contributed by atoms with E-state index in [0.29, 0.717) is 24.2 Å². The number of nitrogens with one attached hydrogen (secondary N) is 1. The second kappa shape index (κ2) is 9.94. The maximum absolute atomic E-state index is 12.8. The standard InChI is InChI=1S/C21H18BrIN2O4S/c1-2-29-21(28)17-13-5-3-4-6-16(13)30-20(17)25-19(27)12(10-24)7-11-8-14(22)18(26)15(23)9-11/h7-9,26H,2-6H2,1H3,(H,25,27)/b12-7+. The Labute approximate surface area is 200 Å². The maximum atomic E-state index is 12.8. The van der Waals surface area contributed by atoms with E-state index in [1.165, 1.54) is 17.4 Å². The molecule has 1 heterocycles. The van der Waals surface area contributed by atoms with Crippen LogP contribution in [0.3, 0.4) is 0 Å². The first-order valence-corrected chi connectivity index (χ1v) is 12.0. The Kier molecular flexibility index (Phi) is 7.55. The summed E-state index contributed by atoms with van der Waals surface area (Å²) in [6, 6.07) is 5.20. The third kappa shape index (κ3) is 4.87. The molecule has 0 unspecified atom stereocenters. The summed E-state index contributed by atoms with van der Waals surface area (Å²) in [5, 5.41) is 22.6. The van der Waals surface area contributed by atoms with E-state index >= 15 is 0 Å².